The number of hydrogen-bond donors (Lipinski definition) is 2. The SMILES string of the molecule is O=C1COC(C(=O)N2C3CCC2C2CNCC23)C(c2ccccc2)N1. The fourth-order valence-electron chi connectivity index (χ4n) is 5.43. The molecule has 0 aliphatic carbocycles. The van der Waals surface area contributed by atoms with Crippen molar-refractivity contribution in [1.82, 2.24) is 15.5 Å². The molecule has 1 aromatic carbocycles. The van der Waals surface area contributed by atoms with Gasteiger partial charge in [-0.15, -0.1) is 0 Å². The molecule has 4 fully saturated rings. The summed E-state index contributed by atoms with van der Waals surface area (Å²) in [4.78, 5) is 27.4. The molecule has 2 amide bonds. The van der Waals surface area contributed by atoms with Gasteiger partial charge in [0.1, 0.15) is 6.61 Å². The number of carbonyl (C=O) groups is 2. The third-order valence-electron chi connectivity index (χ3n) is 6.44. The van der Waals surface area contributed by atoms with Crippen molar-refractivity contribution in [2.75, 3.05) is 19.7 Å². The number of carbonyl (C=O) groups excluding carboxylic acids is 2. The van der Waals surface area contributed by atoms with E-state index in [0.717, 1.165) is 31.5 Å². The monoisotopic (exact) mass is 341 g/mol. The number of nitrogens with zero attached hydrogens (tertiary/aromatic N) is 1. The lowest BCUT2D eigenvalue weighted by molar-refractivity contribution is -0.156. The third kappa shape index (κ3) is 2.31. The summed E-state index contributed by atoms with van der Waals surface area (Å²) >= 11 is 0. The van der Waals surface area contributed by atoms with Crippen LogP contribution in [0.4, 0.5) is 0 Å². The summed E-state index contributed by atoms with van der Waals surface area (Å²) in [5.74, 6) is 1.05. The minimum absolute atomic E-state index is 0.0443. The van der Waals surface area contributed by atoms with Crippen molar-refractivity contribution < 1.29 is 14.3 Å². The highest BCUT2D eigenvalue weighted by Crippen LogP contribution is 2.48. The van der Waals surface area contributed by atoms with Crippen LogP contribution in [0.25, 0.3) is 0 Å². The van der Waals surface area contributed by atoms with E-state index < -0.39 is 12.1 Å². The van der Waals surface area contributed by atoms with E-state index in [1.54, 1.807) is 0 Å². The van der Waals surface area contributed by atoms with Gasteiger partial charge in [0.25, 0.3) is 5.91 Å². The first-order valence-electron chi connectivity index (χ1n) is 9.23. The number of benzene rings is 1. The molecule has 0 radical (unpaired) electrons. The molecule has 0 aromatic heterocycles. The Bertz CT molecular complexity index is 676. The number of nitrogens with one attached hydrogen (secondary N) is 2. The van der Waals surface area contributed by atoms with Gasteiger partial charge in [-0.2, -0.15) is 0 Å². The smallest absolute Gasteiger partial charge is 0.254 e. The molecule has 5 rings (SSSR count). The molecule has 25 heavy (non-hydrogen) atoms. The number of hydrogen-bond acceptors (Lipinski definition) is 4. The molecule has 4 heterocycles. The average molecular weight is 341 g/mol. The molecule has 1 aromatic rings. The highest BCUT2D eigenvalue weighted by molar-refractivity contribution is 5.87. The van der Waals surface area contributed by atoms with E-state index in [1.165, 1.54) is 0 Å². The van der Waals surface area contributed by atoms with E-state index >= 15 is 0 Å². The van der Waals surface area contributed by atoms with Crippen LogP contribution in [0, 0.1) is 11.8 Å². The molecular weight excluding hydrogens is 318 g/mol. The molecule has 2 bridgehead atoms. The minimum Gasteiger partial charge on any atom is -0.356 e. The standard InChI is InChI=1S/C19H23N3O3/c23-16-10-25-18(17(21-16)11-4-2-1-3-5-11)19(24)22-14-6-7-15(22)13-9-20-8-12(13)14/h1-5,12-15,17-18,20H,6-10H2,(H,21,23). The minimum atomic E-state index is -0.630. The Morgan fingerprint density at radius 1 is 1.08 bits per heavy atom. The highest BCUT2D eigenvalue weighted by Gasteiger charge is 2.57. The predicted molar refractivity (Wildman–Crippen MR) is 90.6 cm³/mol. The Morgan fingerprint density at radius 3 is 2.44 bits per heavy atom. The van der Waals surface area contributed by atoms with Crippen molar-refractivity contribution in [2.45, 2.75) is 37.1 Å². The van der Waals surface area contributed by atoms with E-state index in [0.29, 0.717) is 23.9 Å². The molecule has 6 unspecified atom stereocenters. The van der Waals surface area contributed by atoms with Crippen molar-refractivity contribution in [3.05, 3.63) is 35.9 Å². The van der Waals surface area contributed by atoms with Gasteiger partial charge in [-0.25, -0.2) is 0 Å². The quantitative estimate of drug-likeness (QED) is 0.820. The zero-order chi connectivity index (χ0) is 17.0. The summed E-state index contributed by atoms with van der Waals surface area (Å²) in [5, 5.41) is 6.44. The van der Waals surface area contributed by atoms with Gasteiger partial charge in [-0.3, -0.25) is 9.59 Å². The van der Waals surface area contributed by atoms with Crippen molar-refractivity contribution in [3.63, 3.8) is 0 Å². The molecule has 132 valence electrons. The maximum atomic E-state index is 13.4. The molecule has 6 atom stereocenters. The first kappa shape index (κ1) is 15.3. The maximum Gasteiger partial charge on any atom is 0.254 e. The summed E-state index contributed by atoms with van der Waals surface area (Å²) in [5.41, 5.74) is 0.919. The predicted octanol–water partition coefficient (Wildman–Crippen LogP) is 0.452. The molecule has 0 saturated carbocycles. The van der Waals surface area contributed by atoms with Crippen molar-refractivity contribution >= 4 is 11.8 Å². The van der Waals surface area contributed by atoms with E-state index in [4.69, 9.17) is 4.74 Å². The van der Waals surface area contributed by atoms with Gasteiger partial charge >= 0.3 is 0 Å². The van der Waals surface area contributed by atoms with Crippen LogP contribution < -0.4 is 10.6 Å². The Morgan fingerprint density at radius 2 is 1.76 bits per heavy atom. The number of rotatable bonds is 2. The maximum absolute atomic E-state index is 13.4. The van der Waals surface area contributed by atoms with Gasteiger partial charge in [0.15, 0.2) is 6.10 Å². The molecule has 6 nitrogen and oxygen atoms in total. The normalized spacial score (nSPS) is 39.4. The molecular formula is C19H23N3O3. The van der Waals surface area contributed by atoms with Crippen molar-refractivity contribution in [2.24, 2.45) is 11.8 Å². The molecule has 6 heteroatoms. The van der Waals surface area contributed by atoms with E-state index in [1.807, 2.05) is 30.3 Å². The van der Waals surface area contributed by atoms with Gasteiger partial charge in [0.05, 0.1) is 6.04 Å². The number of amides is 2. The van der Waals surface area contributed by atoms with Crippen LogP contribution in [0.2, 0.25) is 0 Å². The number of fused-ring (bicyclic) bond motifs is 5. The number of ether oxygens (including phenoxy) is 1. The van der Waals surface area contributed by atoms with Crippen LogP contribution in [-0.4, -0.2) is 54.6 Å². The van der Waals surface area contributed by atoms with Crippen LogP contribution in [0.3, 0.4) is 0 Å². The summed E-state index contributed by atoms with van der Waals surface area (Å²) < 4.78 is 5.76. The second-order valence-electron chi connectivity index (χ2n) is 7.63. The van der Waals surface area contributed by atoms with Gasteiger partial charge in [-0.05, 0) is 30.2 Å². The summed E-state index contributed by atoms with van der Waals surface area (Å²) in [7, 11) is 0. The van der Waals surface area contributed by atoms with E-state index in [2.05, 4.69) is 15.5 Å². The Kier molecular flexibility index (Phi) is 3.57. The van der Waals surface area contributed by atoms with Crippen LogP contribution in [-0.2, 0) is 14.3 Å². The average Bonchev–Trinajstić information content (AvgIpc) is 3.34. The van der Waals surface area contributed by atoms with Crippen LogP contribution in [0.1, 0.15) is 24.4 Å². The molecule has 4 aliphatic rings. The van der Waals surface area contributed by atoms with Crippen LogP contribution >= 0.6 is 0 Å². The third-order valence-corrected chi connectivity index (χ3v) is 6.44. The zero-order valence-corrected chi connectivity index (χ0v) is 14.1. The van der Waals surface area contributed by atoms with Crippen molar-refractivity contribution in [1.29, 1.82) is 0 Å². The van der Waals surface area contributed by atoms with E-state index in [9.17, 15) is 9.59 Å². The van der Waals surface area contributed by atoms with Crippen molar-refractivity contribution in [3.8, 4) is 0 Å². The van der Waals surface area contributed by atoms with Gasteiger partial charge < -0.3 is 20.3 Å². The second kappa shape index (κ2) is 5.81. The van der Waals surface area contributed by atoms with Crippen LogP contribution in [0.15, 0.2) is 30.3 Å². The highest BCUT2D eigenvalue weighted by atomic mass is 16.5. The summed E-state index contributed by atoms with van der Waals surface area (Å²) in [6.45, 7) is 1.98. The number of morpholine rings is 1. The van der Waals surface area contributed by atoms with Crippen LogP contribution in [0.5, 0.6) is 0 Å². The Hall–Kier alpha value is -1.92. The largest absolute Gasteiger partial charge is 0.356 e. The first-order chi connectivity index (χ1) is 12.2. The first-order valence-corrected chi connectivity index (χ1v) is 9.23. The Labute approximate surface area is 146 Å². The molecule has 0 spiro atoms. The lowest BCUT2D eigenvalue weighted by Crippen LogP contribution is -2.55. The second-order valence-corrected chi connectivity index (χ2v) is 7.63. The summed E-state index contributed by atoms with van der Waals surface area (Å²) in [6, 6.07) is 9.91. The Balaban J connectivity index is 1.43. The fourth-order valence-corrected chi connectivity index (χ4v) is 5.43. The lowest BCUT2D eigenvalue weighted by atomic mass is 9.82. The molecule has 4 aliphatic heterocycles. The van der Waals surface area contributed by atoms with Gasteiger partial charge in [0.2, 0.25) is 5.91 Å². The van der Waals surface area contributed by atoms with E-state index in [-0.39, 0.29) is 18.4 Å². The molecule has 2 N–H and O–H groups in total. The van der Waals surface area contributed by atoms with Gasteiger partial charge in [0, 0.05) is 25.2 Å². The lowest BCUT2D eigenvalue weighted by Gasteiger charge is -2.36. The fraction of sp³-hybridized carbons (Fsp3) is 0.579. The summed E-state index contributed by atoms with van der Waals surface area (Å²) in [6.07, 6.45) is 1.55. The zero-order valence-electron chi connectivity index (χ0n) is 14.1. The molecule has 4 saturated heterocycles. The topological polar surface area (TPSA) is 70.7 Å². The van der Waals surface area contributed by atoms with Gasteiger partial charge in [-0.1, -0.05) is 30.3 Å².